The van der Waals surface area contributed by atoms with Crippen molar-refractivity contribution in [3.8, 4) is 5.69 Å². The maximum Gasteiger partial charge on any atom is 0.266 e. The quantitative estimate of drug-likeness (QED) is 0.358. The molecule has 1 aromatic heterocycles. The minimum absolute atomic E-state index is 0.167. The molecule has 0 saturated heterocycles. The van der Waals surface area contributed by atoms with Crippen molar-refractivity contribution in [2.75, 3.05) is 20.3 Å². The van der Waals surface area contributed by atoms with Crippen molar-refractivity contribution >= 4 is 16.8 Å². The lowest BCUT2D eigenvalue weighted by atomic mass is 10.0. The third kappa shape index (κ3) is 4.86. The van der Waals surface area contributed by atoms with Gasteiger partial charge in [0.25, 0.3) is 11.5 Å². The molecule has 35 heavy (non-hydrogen) atoms. The summed E-state index contributed by atoms with van der Waals surface area (Å²) in [5.74, 6) is -0.151. The van der Waals surface area contributed by atoms with Crippen LogP contribution in [0.3, 0.4) is 0 Å². The molecule has 0 radical (unpaired) electrons. The summed E-state index contributed by atoms with van der Waals surface area (Å²) in [7, 11) is 1.58. The van der Waals surface area contributed by atoms with Gasteiger partial charge in [-0.2, -0.15) is 0 Å². The Morgan fingerprint density at radius 3 is 2.43 bits per heavy atom. The van der Waals surface area contributed by atoms with Crippen LogP contribution in [0.25, 0.3) is 16.6 Å². The molecular formula is C28H28FN3O3. The van der Waals surface area contributed by atoms with E-state index in [1.165, 1.54) is 16.7 Å². The predicted octanol–water partition coefficient (Wildman–Crippen LogP) is 5.07. The van der Waals surface area contributed by atoms with Crippen LogP contribution < -0.4 is 5.56 Å². The molecule has 4 aromatic rings. The number of halogens is 1. The fourth-order valence-corrected chi connectivity index (χ4v) is 4.31. The zero-order valence-corrected chi connectivity index (χ0v) is 20.1. The molecule has 0 aliphatic carbocycles. The lowest BCUT2D eigenvalue weighted by Crippen LogP contribution is -2.40. The average Bonchev–Trinajstić information content (AvgIpc) is 2.87. The fourth-order valence-electron chi connectivity index (χ4n) is 4.31. The highest BCUT2D eigenvalue weighted by molar-refractivity contribution is 5.96. The standard InChI is InChI=1S/C28H28FN3O3/c1-4-25(31(17-18-35-3)27(33)22-10-6-5-9-19(22)2)26-30-24-12-8-7-11-23(24)28(34)32(26)21-15-13-20(29)14-16-21/h5-16,25H,4,17-18H2,1-3H3. The third-order valence-electron chi connectivity index (χ3n) is 6.12. The first-order valence-electron chi connectivity index (χ1n) is 11.6. The van der Waals surface area contributed by atoms with Crippen molar-refractivity contribution in [1.29, 1.82) is 0 Å². The first-order chi connectivity index (χ1) is 17.0. The summed E-state index contributed by atoms with van der Waals surface area (Å²) in [6.07, 6.45) is 0.507. The van der Waals surface area contributed by atoms with Gasteiger partial charge in [0, 0.05) is 19.2 Å². The molecule has 0 bridgehead atoms. The monoisotopic (exact) mass is 473 g/mol. The Morgan fingerprint density at radius 1 is 1.06 bits per heavy atom. The number of carbonyl (C=O) groups is 1. The van der Waals surface area contributed by atoms with Gasteiger partial charge in [0.15, 0.2) is 0 Å². The number of rotatable bonds is 8. The van der Waals surface area contributed by atoms with Crippen molar-refractivity contribution in [2.24, 2.45) is 0 Å². The van der Waals surface area contributed by atoms with E-state index >= 15 is 0 Å². The van der Waals surface area contributed by atoms with Crippen LogP contribution in [0.4, 0.5) is 4.39 Å². The maximum absolute atomic E-state index is 13.8. The highest BCUT2D eigenvalue weighted by atomic mass is 19.1. The number of aromatic nitrogens is 2. The molecule has 0 N–H and O–H groups in total. The predicted molar refractivity (Wildman–Crippen MR) is 134 cm³/mol. The highest BCUT2D eigenvalue weighted by Crippen LogP contribution is 2.28. The average molecular weight is 474 g/mol. The van der Waals surface area contributed by atoms with E-state index in [0.717, 1.165) is 5.56 Å². The molecule has 1 atom stereocenters. The molecule has 0 saturated carbocycles. The molecule has 0 aliphatic heterocycles. The number of benzene rings is 3. The number of amides is 1. The van der Waals surface area contributed by atoms with Gasteiger partial charge in [-0.15, -0.1) is 0 Å². The zero-order valence-electron chi connectivity index (χ0n) is 20.1. The van der Waals surface area contributed by atoms with E-state index in [9.17, 15) is 14.0 Å². The van der Waals surface area contributed by atoms with Crippen LogP contribution >= 0.6 is 0 Å². The molecule has 4 rings (SSSR count). The highest BCUT2D eigenvalue weighted by Gasteiger charge is 2.30. The summed E-state index contributed by atoms with van der Waals surface area (Å²) in [5.41, 5.74) is 2.19. The van der Waals surface area contributed by atoms with Crippen molar-refractivity contribution in [1.82, 2.24) is 14.5 Å². The number of ether oxygens (including phenoxy) is 1. The fraction of sp³-hybridized carbons (Fsp3) is 0.250. The zero-order chi connectivity index (χ0) is 24.9. The number of fused-ring (bicyclic) bond motifs is 1. The summed E-state index contributed by atoms with van der Waals surface area (Å²) < 4.78 is 20.5. The van der Waals surface area contributed by atoms with Crippen LogP contribution in [-0.4, -0.2) is 40.6 Å². The second-order valence-corrected chi connectivity index (χ2v) is 8.33. The van der Waals surface area contributed by atoms with Gasteiger partial charge < -0.3 is 9.64 Å². The van der Waals surface area contributed by atoms with Crippen LogP contribution in [0.15, 0.2) is 77.6 Å². The number of methoxy groups -OCH3 is 1. The summed E-state index contributed by atoms with van der Waals surface area (Å²) in [6.45, 7) is 4.48. The largest absolute Gasteiger partial charge is 0.383 e. The number of aryl methyl sites for hydroxylation is 1. The molecule has 180 valence electrons. The normalized spacial score (nSPS) is 12.0. The molecular weight excluding hydrogens is 445 g/mol. The Labute approximate surface area is 203 Å². The smallest absolute Gasteiger partial charge is 0.266 e. The van der Waals surface area contributed by atoms with E-state index < -0.39 is 11.9 Å². The Bertz CT molecular complexity index is 1400. The molecule has 0 fully saturated rings. The van der Waals surface area contributed by atoms with Crippen molar-refractivity contribution < 1.29 is 13.9 Å². The minimum Gasteiger partial charge on any atom is -0.383 e. The van der Waals surface area contributed by atoms with Crippen LogP contribution in [0.2, 0.25) is 0 Å². The SMILES string of the molecule is CCC(c1nc2ccccc2c(=O)n1-c1ccc(F)cc1)N(CCOC)C(=O)c1ccccc1C. The lowest BCUT2D eigenvalue weighted by molar-refractivity contribution is 0.0579. The Kier molecular flexibility index (Phi) is 7.36. The number of para-hydroxylation sites is 1. The second kappa shape index (κ2) is 10.6. The van der Waals surface area contributed by atoms with Gasteiger partial charge in [-0.1, -0.05) is 37.3 Å². The Morgan fingerprint density at radius 2 is 1.74 bits per heavy atom. The van der Waals surface area contributed by atoms with Crippen LogP contribution in [0.5, 0.6) is 0 Å². The molecule has 1 amide bonds. The van der Waals surface area contributed by atoms with E-state index in [4.69, 9.17) is 9.72 Å². The van der Waals surface area contributed by atoms with E-state index in [1.54, 1.807) is 48.4 Å². The van der Waals surface area contributed by atoms with Gasteiger partial charge >= 0.3 is 0 Å². The van der Waals surface area contributed by atoms with Crippen molar-refractivity contribution in [3.05, 3.63) is 106 Å². The summed E-state index contributed by atoms with van der Waals surface area (Å²) in [4.78, 5) is 34.1. The van der Waals surface area contributed by atoms with E-state index in [2.05, 4.69) is 0 Å². The molecule has 7 heteroatoms. The molecule has 0 spiro atoms. The summed E-state index contributed by atoms with van der Waals surface area (Å²) in [5, 5.41) is 0.448. The molecule has 1 unspecified atom stereocenters. The Hall–Kier alpha value is -3.84. The van der Waals surface area contributed by atoms with E-state index in [-0.39, 0.29) is 11.5 Å². The molecule has 6 nitrogen and oxygen atoms in total. The number of hydrogen-bond acceptors (Lipinski definition) is 4. The third-order valence-corrected chi connectivity index (χ3v) is 6.12. The van der Waals surface area contributed by atoms with Gasteiger partial charge in [-0.25, -0.2) is 9.37 Å². The first kappa shape index (κ1) is 24.3. The maximum atomic E-state index is 13.8. The number of nitrogens with zero attached hydrogens (tertiary/aromatic N) is 3. The molecule has 3 aromatic carbocycles. The van der Waals surface area contributed by atoms with Crippen molar-refractivity contribution in [3.63, 3.8) is 0 Å². The van der Waals surface area contributed by atoms with Crippen molar-refractivity contribution in [2.45, 2.75) is 26.3 Å². The minimum atomic E-state index is -0.528. The summed E-state index contributed by atoms with van der Waals surface area (Å²) >= 11 is 0. The van der Waals surface area contributed by atoms with Gasteiger partial charge in [-0.05, 0) is 61.4 Å². The van der Waals surface area contributed by atoms with E-state index in [1.807, 2.05) is 38.1 Å². The molecule has 1 heterocycles. The van der Waals surface area contributed by atoms with Crippen LogP contribution in [-0.2, 0) is 4.74 Å². The van der Waals surface area contributed by atoms with Gasteiger partial charge in [-0.3, -0.25) is 14.2 Å². The van der Waals surface area contributed by atoms with Crippen LogP contribution in [0.1, 0.15) is 41.1 Å². The van der Waals surface area contributed by atoms with Crippen LogP contribution in [0, 0.1) is 12.7 Å². The summed E-state index contributed by atoms with van der Waals surface area (Å²) in [6, 6.07) is 19.7. The number of carbonyl (C=O) groups excluding carboxylic acids is 1. The lowest BCUT2D eigenvalue weighted by Gasteiger charge is -2.32. The molecule has 0 aliphatic rings. The number of hydrogen-bond donors (Lipinski definition) is 0. The van der Waals surface area contributed by atoms with Gasteiger partial charge in [0.1, 0.15) is 11.6 Å². The van der Waals surface area contributed by atoms with E-state index in [0.29, 0.717) is 47.6 Å². The Balaban J connectivity index is 1.95. The van der Waals surface area contributed by atoms with Gasteiger partial charge in [0.05, 0.1) is 29.2 Å². The first-order valence-corrected chi connectivity index (χ1v) is 11.6. The van der Waals surface area contributed by atoms with Gasteiger partial charge in [0.2, 0.25) is 0 Å². The topological polar surface area (TPSA) is 64.4 Å². The second-order valence-electron chi connectivity index (χ2n) is 8.33.